The smallest absolute Gasteiger partial charge is 0.115 e. The first-order valence-corrected chi connectivity index (χ1v) is 13.3. The summed E-state index contributed by atoms with van der Waals surface area (Å²) in [6.07, 6.45) is 18.0. The lowest BCUT2D eigenvalue weighted by molar-refractivity contribution is 0.422. The molecule has 0 aliphatic heterocycles. The molecule has 0 saturated carbocycles. The molecule has 0 amide bonds. The first-order valence-electron chi connectivity index (χ1n) is 13.3. The summed E-state index contributed by atoms with van der Waals surface area (Å²) >= 11 is 0. The average molecular weight is 437 g/mol. The van der Waals surface area contributed by atoms with Crippen molar-refractivity contribution in [2.45, 2.75) is 116 Å². The Labute approximate surface area is 196 Å². The first kappa shape index (κ1) is 24.7. The zero-order chi connectivity index (χ0) is 22.8. The summed E-state index contributed by atoms with van der Waals surface area (Å²) in [6.45, 7) is 4.54. The van der Waals surface area contributed by atoms with Gasteiger partial charge in [0.25, 0.3) is 0 Å². The summed E-state index contributed by atoms with van der Waals surface area (Å²) < 4.78 is 0. The highest BCUT2D eigenvalue weighted by Crippen LogP contribution is 2.52. The molecule has 2 nitrogen and oxygen atoms in total. The standard InChI is InChI=1S/C30H44O2/c1-3-5-7-9-11-13-15-25-26(16-14-12-10-8-6-4-2)30-22-24(32)18-20-28(30)27-19-17-23(31)21-29(25)27/h17-22,25-26,31-32H,3-16H2,1-2H3. The molecular formula is C30H44O2. The van der Waals surface area contributed by atoms with Gasteiger partial charge in [0.15, 0.2) is 0 Å². The Hall–Kier alpha value is -1.96. The van der Waals surface area contributed by atoms with Crippen molar-refractivity contribution in [2.75, 3.05) is 0 Å². The van der Waals surface area contributed by atoms with Crippen molar-refractivity contribution in [3.05, 3.63) is 47.5 Å². The second-order valence-corrected chi connectivity index (χ2v) is 9.87. The Balaban J connectivity index is 1.80. The van der Waals surface area contributed by atoms with Gasteiger partial charge in [-0.1, -0.05) is 103 Å². The van der Waals surface area contributed by atoms with Crippen LogP contribution in [0.25, 0.3) is 11.1 Å². The molecule has 2 heteroatoms. The van der Waals surface area contributed by atoms with E-state index in [1.54, 1.807) is 0 Å². The third-order valence-electron chi connectivity index (χ3n) is 7.38. The summed E-state index contributed by atoms with van der Waals surface area (Å²) in [5, 5.41) is 20.6. The van der Waals surface area contributed by atoms with Crippen molar-refractivity contribution in [2.24, 2.45) is 0 Å². The first-order chi connectivity index (χ1) is 15.7. The van der Waals surface area contributed by atoms with Gasteiger partial charge in [-0.15, -0.1) is 0 Å². The topological polar surface area (TPSA) is 40.5 Å². The van der Waals surface area contributed by atoms with Crippen LogP contribution >= 0.6 is 0 Å². The molecule has 2 aromatic rings. The molecule has 0 spiro atoms. The van der Waals surface area contributed by atoms with E-state index < -0.39 is 0 Å². The molecule has 1 aliphatic rings. The summed E-state index contributed by atoms with van der Waals surface area (Å²) in [7, 11) is 0. The van der Waals surface area contributed by atoms with E-state index in [-0.39, 0.29) is 0 Å². The minimum Gasteiger partial charge on any atom is -0.508 e. The molecule has 0 aromatic heterocycles. The fourth-order valence-corrected chi connectivity index (χ4v) is 5.64. The molecular weight excluding hydrogens is 392 g/mol. The fourth-order valence-electron chi connectivity index (χ4n) is 5.64. The summed E-state index contributed by atoms with van der Waals surface area (Å²) in [5.74, 6) is 1.59. The van der Waals surface area contributed by atoms with Crippen molar-refractivity contribution >= 4 is 0 Å². The van der Waals surface area contributed by atoms with Gasteiger partial charge in [-0.25, -0.2) is 0 Å². The largest absolute Gasteiger partial charge is 0.508 e. The molecule has 2 atom stereocenters. The van der Waals surface area contributed by atoms with Crippen LogP contribution in [0.2, 0.25) is 0 Å². The molecule has 2 unspecified atom stereocenters. The van der Waals surface area contributed by atoms with Gasteiger partial charge in [-0.3, -0.25) is 0 Å². The molecule has 0 fully saturated rings. The Bertz CT molecular complexity index is 756. The van der Waals surface area contributed by atoms with Crippen molar-refractivity contribution < 1.29 is 10.2 Å². The highest BCUT2D eigenvalue weighted by molar-refractivity contribution is 5.76. The fraction of sp³-hybridized carbons (Fsp3) is 0.600. The molecule has 0 heterocycles. The second-order valence-electron chi connectivity index (χ2n) is 9.87. The van der Waals surface area contributed by atoms with E-state index in [0.29, 0.717) is 23.3 Å². The van der Waals surface area contributed by atoms with Crippen molar-refractivity contribution in [1.29, 1.82) is 0 Å². The molecule has 0 bridgehead atoms. The lowest BCUT2D eigenvalue weighted by Crippen LogP contribution is -2.18. The van der Waals surface area contributed by atoms with E-state index in [1.807, 2.05) is 24.3 Å². The number of phenols is 2. The van der Waals surface area contributed by atoms with Crippen LogP contribution in [0.15, 0.2) is 36.4 Å². The molecule has 176 valence electrons. The van der Waals surface area contributed by atoms with Crippen molar-refractivity contribution in [3.8, 4) is 22.6 Å². The van der Waals surface area contributed by atoms with Gasteiger partial charge in [0.1, 0.15) is 11.5 Å². The predicted molar refractivity (Wildman–Crippen MR) is 137 cm³/mol. The van der Waals surface area contributed by atoms with Crippen LogP contribution in [0, 0.1) is 0 Å². The normalized spacial score (nSPS) is 17.2. The van der Waals surface area contributed by atoms with Crippen LogP contribution in [0.4, 0.5) is 0 Å². The number of hydrogen-bond acceptors (Lipinski definition) is 2. The molecule has 32 heavy (non-hydrogen) atoms. The van der Waals surface area contributed by atoms with Crippen molar-refractivity contribution in [1.82, 2.24) is 0 Å². The van der Waals surface area contributed by atoms with Crippen LogP contribution < -0.4 is 0 Å². The molecule has 1 aliphatic carbocycles. The molecule has 2 N–H and O–H groups in total. The Kier molecular flexibility index (Phi) is 9.96. The third-order valence-corrected chi connectivity index (χ3v) is 7.38. The van der Waals surface area contributed by atoms with Gasteiger partial charge in [-0.05, 0) is 71.2 Å². The maximum atomic E-state index is 10.3. The molecule has 0 radical (unpaired) electrons. The summed E-state index contributed by atoms with van der Waals surface area (Å²) in [5.41, 5.74) is 5.11. The van der Waals surface area contributed by atoms with Crippen LogP contribution in [-0.4, -0.2) is 10.2 Å². The van der Waals surface area contributed by atoms with Gasteiger partial charge in [0.05, 0.1) is 0 Å². The lowest BCUT2D eigenvalue weighted by atomic mass is 9.68. The second kappa shape index (κ2) is 12.9. The van der Waals surface area contributed by atoms with Crippen LogP contribution in [0.3, 0.4) is 0 Å². The van der Waals surface area contributed by atoms with E-state index in [2.05, 4.69) is 26.0 Å². The Morgan fingerprint density at radius 2 is 0.906 bits per heavy atom. The number of phenolic OH excluding ortho intramolecular Hbond substituents is 2. The van der Waals surface area contributed by atoms with Crippen molar-refractivity contribution in [3.63, 3.8) is 0 Å². The predicted octanol–water partition coefficient (Wildman–Crippen LogP) is 9.45. The van der Waals surface area contributed by atoms with E-state index in [0.717, 1.165) is 12.8 Å². The number of unbranched alkanes of at least 4 members (excludes halogenated alkanes) is 10. The minimum absolute atomic E-state index is 0.372. The number of hydrogen-bond donors (Lipinski definition) is 2. The SMILES string of the molecule is CCCCCCCCC1c2cc(O)ccc2-c2ccc(O)cc2C1CCCCCCCC. The molecule has 3 rings (SSSR count). The van der Waals surface area contributed by atoms with Gasteiger partial charge < -0.3 is 10.2 Å². The zero-order valence-electron chi connectivity index (χ0n) is 20.4. The zero-order valence-corrected chi connectivity index (χ0v) is 20.4. The van der Waals surface area contributed by atoms with Gasteiger partial charge >= 0.3 is 0 Å². The minimum atomic E-state index is 0.372. The lowest BCUT2D eigenvalue weighted by Gasteiger charge is -2.36. The summed E-state index contributed by atoms with van der Waals surface area (Å²) in [4.78, 5) is 0. The maximum Gasteiger partial charge on any atom is 0.115 e. The molecule has 0 saturated heterocycles. The van der Waals surface area contributed by atoms with Crippen LogP contribution in [0.1, 0.15) is 127 Å². The molecule has 2 aromatic carbocycles. The Morgan fingerprint density at radius 1 is 0.531 bits per heavy atom. The Morgan fingerprint density at radius 3 is 1.31 bits per heavy atom. The quantitative estimate of drug-likeness (QED) is 0.289. The number of benzene rings is 2. The number of aromatic hydroxyl groups is 2. The van der Waals surface area contributed by atoms with E-state index in [1.165, 1.54) is 99.3 Å². The highest BCUT2D eigenvalue weighted by atomic mass is 16.3. The monoisotopic (exact) mass is 436 g/mol. The van der Waals surface area contributed by atoms with Gasteiger partial charge in [-0.2, -0.15) is 0 Å². The summed E-state index contributed by atoms with van der Waals surface area (Å²) in [6, 6.07) is 11.8. The van der Waals surface area contributed by atoms with Crippen LogP contribution in [-0.2, 0) is 0 Å². The number of rotatable bonds is 14. The van der Waals surface area contributed by atoms with E-state index in [9.17, 15) is 10.2 Å². The highest BCUT2D eigenvalue weighted by Gasteiger charge is 2.33. The number of fused-ring (bicyclic) bond motifs is 3. The van der Waals surface area contributed by atoms with E-state index >= 15 is 0 Å². The van der Waals surface area contributed by atoms with Gasteiger partial charge in [0.2, 0.25) is 0 Å². The van der Waals surface area contributed by atoms with Gasteiger partial charge in [0, 0.05) is 0 Å². The third kappa shape index (κ3) is 6.53. The van der Waals surface area contributed by atoms with Crippen LogP contribution in [0.5, 0.6) is 11.5 Å². The average Bonchev–Trinajstić information content (AvgIpc) is 2.79. The van der Waals surface area contributed by atoms with E-state index in [4.69, 9.17) is 0 Å². The maximum absolute atomic E-state index is 10.3.